The lowest BCUT2D eigenvalue weighted by atomic mass is 9.98. The molecule has 0 saturated heterocycles. The number of aromatic nitrogens is 2. The topological polar surface area (TPSA) is 25.8 Å². The molecule has 0 aliphatic heterocycles. The molecule has 0 N–H and O–H groups in total. The molecule has 4 aromatic rings. The third-order valence-electron chi connectivity index (χ3n) is 5.37. The lowest BCUT2D eigenvalue weighted by molar-refractivity contribution is -0.0696. The van der Waals surface area contributed by atoms with E-state index in [1.165, 1.54) is 18.1 Å². The fraction of sp³-hybridized carbons (Fsp3) is 0.143. The summed E-state index contributed by atoms with van der Waals surface area (Å²) in [5.41, 5.74) is 1.76. The predicted molar refractivity (Wildman–Crippen MR) is 125 cm³/mol. The summed E-state index contributed by atoms with van der Waals surface area (Å²) < 4.78 is 80.1. The molecule has 182 valence electrons. The SMILES string of the molecule is CCCc1cnc(-c2ccc(-c3ccc(-c4cc(F)c(C#CC(F)(F)F)c(F)c4)c(F)c3)cc2)nc1. The Kier molecular flexibility index (Phi) is 7.11. The molecular weight excluding hydrogens is 478 g/mol. The number of hydrogen-bond acceptors (Lipinski definition) is 2. The van der Waals surface area contributed by atoms with Crippen LogP contribution in [0.1, 0.15) is 24.5 Å². The number of alkyl halides is 3. The molecule has 0 atom stereocenters. The van der Waals surface area contributed by atoms with Gasteiger partial charge in [0.1, 0.15) is 17.5 Å². The molecule has 0 amide bonds. The summed E-state index contributed by atoms with van der Waals surface area (Å²) >= 11 is 0. The lowest BCUT2D eigenvalue weighted by Gasteiger charge is -2.09. The van der Waals surface area contributed by atoms with Gasteiger partial charge in [0.05, 0.1) is 5.56 Å². The first-order valence-corrected chi connectivity index (χ1v) is 10.9. The van der Waals surface area contributed by atoms with Crippen molar-refractivity contribution in [2.75, 3.05) is 0 Å². The van der Waals surface area contributed by atoms with Gasteiger partial charge in [-0.2, -0.15) is 13.2 Å². The second-order valence-electron chi connectivity index (χ2n) is 8.00. The minimum absolute atomic E-state index is 0.107. The van der Waals surface area contributed by atoms with Crippen LogP contribution in [0.4, 0.5) is 26.3 Å². The van der Waals surface area contributed by atoms with Crippen molar-refractivity contribution in [2.24, 2.45) is 0 Å². The highest BCUT2D eigenvalue weighted by Crippen LogP contribution is 2.31. The van der Waals surface area contributed by atoms with E-state index in [0.717, 1.165) is 42.0 Å². The van der Waals surface area contributed by atoms with E-state index in [2.05, 4.69) is 16.9 Å². The van der Waals surface area contributed by atoms with Crippen molar-refractivity contribution < 1.29 is 26.3 Å². The van der Waals surface area contributed by atoms with Gasteiger partial charge in [-0.1, -0.05) is 55.7 Å². The van der Waals surface area contributed by atoms with Crippen LogP contribution in [0.3, 0.4) is 0 Å². The van der Waals surface area contributed by atoms with Crippen LogP contribution in [0.5, 0.6) is 0 Å². The summed E-state index contributed by atoms with van der Waals surface area (Å²) in [5, 5.41) is 0. The Morgan fingerprint density at radius 3 is 1.83 bits per heavy atom. The molecule has 0 unspecified atom stereocenters. The maximum atomic E-state index is 14.9. The average Bonchev–Trinajstić information content (AvgIpc) is 2.83. The normalized spacial score (nSPS) is 11.2. The van der Waals surface area contributed by atoms with E-state index in [4.69, 9.17) is 0 Å². The second-order valence-corrected chi connectivity index (χ2v) is 8.00. The zero-order valence-corrected chi connectivity index (χ0v) is 18.9. The smallest absolute Gasteiger partial charge is 0.236 e. The van der Waals surface area contributed by atoms with Gasteiger partial charge in [0.25, 0.3) is 0 Å². The molecule has 8 heteroatoms. The molecule has 0 saturated carbocycles. The fourth-order valence-electron chi connectivity index (χ4n) is 3.64. The fourth-order valence-corrected chi connectivity index (χ4v) is 3.64. The van der Waals surface area contributed by atoms with Gasteiger partial charge in [0.15, 0.2) is 5.82 Å². The Hall–Kier alpha value is -4.12. The Morgan fingerprint density at radius 1 is 0.722 bits per heavy atom. The number of aryl methyl sites for hydroxylation is 1. The Labute approximate surface area is 203 Å². The van der Waals surface area contributed by atoms with Crippen LogP contribution < -0.4 is 0 Å². The maximum absolute atomic E-state index is 14.9. The Morgan fingerprint density at radius 2 is 1.28 bits per heavy atom. The van der Waals surface area contributed by atoms with Crippen LogP contribution in [0, 0.1) is 29.3 Å². The van der Waals surface area contributed by atoms with Gasteiger partial charge < -0.3 is 0 Å². The Balaban J connectivity index is 1.58. The highest BCUT2D eigenvalue weighted by Gasteiger charge is 2.24. The minimum Gasteiger partial charge on any atom is -0.236 e. The first kappa shape index (κ1) is 25.0. The Bertz CT molecular complexity index is 1420. The number of rotatable bonds is 5. The zero-order valence-electron chi connectivity index (χ0n) is 18.9. The van der Waals surface area contributed by atoms with E-state index in [0.29, 0.717) is 17.0 Å². The van der Waals surface area contributed by atoms with E-state index < -0.39 is 29.2 Å². The number of hydrogen-bond donors (Lipinski definition) is 0. The molecule has 36 heavy (non-hydrogen) atoms. The molecule has 0 radical (unpaired) electrons. The summed E-state index contributed by atoms with van der Waals surface area (Å²) in [4.78, 5) is 8.75. The summed E-state index contributed by atoms with van der Waals surface area (Å²) in [7, 11) is 0. The first-order valence-electron chi connectivity index (χ1n) is 10.9. The average molecular weight is 496 g/mol. The zero-order chi connectivity index (χ0) is 25.9. The molecule has 0 aliphatic rings. The van der Waals surface area contributed by atoms with Crippen LogP contribution in [-0.2, 0) is 6.42 Å². The largest absolute Gasteiger partial charge is 0.458 e. The van der Waals surface area contributed by atoms with Crippen molar-refractivity contribution in [2.45, 2.75) is 25.9 Å². The summed E-state index contributed by atoms with van der Waals surface area (Å²) in [6.07, 6.45) is 0.572. The maximum Gasteiger partial charge on any atom is 0.458 e. The van der Waals surface area contributed by atoms with Crippen LogP contribution >= 0.6 is 0 Å². The monoisotopic (exact) mass is 496 g/mol. The molecular formula is C28H18F6N2. The van der Waals surface area contributed by atoms with E-state index >= 15 is 0 Å². The second kappa shape index (κ2) is 10.2. The van der Waals surface area contributed by atoms with Crippen LogP contribution in [0.15, 0.2) is 67.0 Å². The van der Waals surface area contributed by atoms with E-state index in [9.17, 15) is 26.3 Å². The van der Waals surface area contributed by atoms with Crippen LogP contribution in [0.25, 0.3) is 33.6 Å². The number of benzene rings is 3. The molecule has 4 rings (SSSR count). The van der Waals surface area contributed by atoms with Crippen molar-refractivity contribution in [3.8, 4) is 45.5 Å². The van der Waals surface area contributed by atoms with E-state index in [1.54, 1.807) is 42.7 Å². The number of nitrogens with zero attached hydrogens (tertiary/aromatic N) is 2. The van der Waals surface area contributed by atoms with Gasteiger partial charge in [-0.15, -0.1) is 0 Å². The molecule has 1 aromatic heterocycles. The molecule has 0 spiro atoms. The highest BCUT2D eigenvalue weighted by atomic mass is 19.4. The van der Waals surface area contributed by atoms with Crippen LogP contribution in [-0.4, -0.2) is 16.1 Å². The van der Waals surface area contributed by atoms with Gasteiger partial charge >= 0.3 is 6.18 Å². The first-order chi connectivity index (χ1) is 17.1. The lowest BCUT2D eigenvalue weighted by Crippen LogP contribution is -2.02. The van der Waals surface area contributed by atoms with Gasteiger partial charge in [-0.05, 0) is 46.9 Å². The molecule has 1 heterocycles. The molecule has 0 bridgehead atoms. The van der Waals surface area contributed by atoms with Crippen molar-refractivity contribution in [1.82, 2.24) is 9.97 Å². The quantitative estimate of drug-likeness (QED) is 0.208. The van der Waals surface area contributed by atoms with Gasteiger partial charge in [0.2, 0.25) is 0 Å². The summed E-state index contributed by atoms with van der Waals surface area (Å²) in [6.45, 7) is 2.08. The molecule has 0 fully saturated rings. The van der Waals surface area contributed by atoms with Crippen molar-refractivity contribution in [3.05, 3.63) is 95.6 Å². The third-order valence-corrected chi connectivity index (χ3v) is 5.37. The van der Waals surface area contributed by atoms with E-state index in [-0.39, 0.29) is 11.1 Å². The number of halogens is 6. The highest BCUT2D eigenvalue weighted by molar-refractivity contribution is 5.73. The summed E-state index contributed by atoms with van der Waals surface area (Å²) in [5.74, 6) is -0.546. The molecule has 2 nitrogen and oxygen atoms in total. The van der Waals surface area contributed by atoms with Crippen molar-refractivity contribution >= 4 is 0 Å². The summed E-state index contributed by atoms with van der Waals surface area (Å²) in [6, 6.07) is 12.8. The van der Waals surface area contributed by atoms with Crippen LogP contribution in [0.2, 0.25) is 0 Å². The molecule has 3 aromatic carbocycles. The van der Waals surface area contributed by atoms with E-state index in [1.807, 2.05) is 0 Å². The third kappa shape index (κ3) is 5.74. The van der Waals surface area contributed by atoms with Gasteiger partial charge in [0, 0.05) is 29.4 Å². The predicted octanol–water partition coefficient (Wildman–Crippen LogP) is 7.76. The van der Waals surface area contributed by atoms with Gasteiger partial charge in [-0.25, -0.2) is 23.1 Å². The standard InChI is InChI=1S/C28H18F6N2/c1-2-3-17-15-35-27(36-16-17)19-6-4-18(5-7-19)20-8-9-22(24(29)12-20)21-13-25(30)23(26(31)14-21)10-11-28(32,33)34/h4-9,12-16H,2-3H2,1H3. The van der Waals surface area contributed by atoms with Crippen molar-refractivity contribution in [1.29, 1.82) is 0 Å². The van der Waals surface area contributed by atoms with Crippen molar-refractivity contribution in [3.63, 3.8) is 0 Å². The van der Waals surface area contributed by atoms with Gasteiger partial charge in [-0.3, -0.25) is 0 Å². The minimum atomic E-state index is -4.90. The molecule has 0 aliphatic carbocycles.